The molecule has 0 atom stereocenters. The molecule has 0 amide bonds. The lowest BCUT2D eigenvalue weighted by molar-refractivity contribution is 0.405. The van der Waals surface area contributed by atoms with E-state index in [1.54, 1.807) is 0 Å². The van der Waals surface area contributed by atoms with Crippen LogP contribution < -0.4 is 5.32 Å². The highest BCUT2D eigenvalue weighted by Gasteiger charge is 2.07. The molecule has 0 saturated heterocycles. The molecule has 1 N–H and O–H groups in total. The normalized spacial score (nSPS) is 11.8. The summed E-state index contributed by atoms with van der Waals surface area (Å²) in [5.41, 5.74) is 3.36. The molecule has 3 rings (SSSR count). The summed E-state index contributed by atoms with van der Waals surface area (Å²) in [6.45, 7) is 6.27. The number of nitrogens with zero attached hydrogens (tertiary/aromatic N) is 3. The van der Waals surface area contributed by atoms with E-state index < -0.39 is 0 Å². The standard InChI is InChI=1S/C24H29ClN4/c1-17(2)19-9-6-18(7-10-19)8-13-23-27-22-12-11-20(25)16-21(22)24(28-23)26-14-5-15-29(3)4/h6-13,16-17H,5,14-15H2,1-4H3,(H,26,27,28)/b13-8+. The van der Waals surface area contributed by atoms with E-state index in [1.807, 2.05) is 24.3 Å². The fourth-order valence-corrected chi connectivity index (χ4v) is 3.26. The Kier molecular flexibility index (Phi) is 7.24. The second-order valence-electron chi connectivity index (χ2n) is 7.83. The Morgan fingerprint density at radius 3 is 2.48 bits per heavy atom. The van der Waals surface area contributed by atoms with Crippen molar-refractivity contribution in [3.8, 4) is 0 Å². The first-order chi connectivity index (χ1) is 13.9. The fraction of sp³-hybridized carbons (Fsp3) is 0.333. The van der Waals surface area contributed by atoms with E-state index in [9.17, 15) is 0 Å². The SMILES string of the molecule is CC(C)c1ccc(/C=C/c2nc(NCCCN(C)C)c3cc(Cl)ccc3n2)cc1. The third kappa shape index (κ3) is 6.02. The Morgan fingerprint density at radius 2 is 1.79 bits per heavy atom. The molecule has 0 bridgehead atoms. The second-order valence-corrected chi connectivity index (χ2v) is 8.27. The van der Waals surface area contributed by atoms with Gasteiger partial charge in [-0.1, -0.05) is 55.8 Å². The quantitative estimate of drug-likeness (QED) is 0.468. The van der Waals surface area contributed by atoms with Crippen molar-refractivity contribution < 1.29 is 0 Å². The monoisotopic (exact) mass is 408 g/mol. The van der Waals surface area contributed by atoms with E-state index >= 15 is 0 Å². The summed E-state index contributed by atoms with van der Waals surface area (Å²) in [5, 5.41) is 5.09. The minimum absolute atomic E-state index is 0.532. The van der Waals surface area contributed by atoms with Crippen molar-refractivity contribution in [2.45, 2.75) is 26.2 Å². The van der Waals surface area contributed by atoms with Crippen LogP contribution in [0, 0.1) is 0 Å². The summed E-state index contributed by atoms with van der Waals surface area (Å²) in [5.74, 6) is 2.04. The van der Waals surface area contributed by atoms with Crippen molar-refractivity contribution in [3.05, 3.63) is 64.4 Å². The molecule has 5 heteroatoms. The minimum atomic E-state index is 0.532. The molecule has 0 radical (unpaired) electrons. The molecular formula is C24H29ClN4. The average Bonchev–Trinajstić information content (AvgIpc) is 2.70. The lowest BCUT2D eigenvalue weighted by Crippen LogP contribution is -2.17. The van der Waals surface area contributed by atoms with E-state index in [4.69, 9.17) is 16.6 Å². The maximum absolute atomic E-state index is 6.21. The van der Waals surface area contributed by atoms with Gasteiger partial charge in [-0.05, 0) is 68.4 Å². The van der Waals surface area contributed by atoms with Crippen molar-refractivity contribution in [2.75, 3.05) is 32.5 Å². The van der Waals surface area contributed by atoms with Crippen LogP contribution in [0.15, 0.2) is 42.5 Å². The minimum Gasteiger partial charge on any atom is -0.369 e. The van der Waals surface area contributed by atoms with Crippen molar-refractivity contribution in [1.82, 2.24) is 14.9 Å². The van der Waals surface area contributed by atoms with Gasteiger partial charge in [0.2, 0.25) is 0 Å². The summed E-state index contributed by atoms with van der Waals surface area (Å²) >= 11 is 6.21. The Bertz CT molecular complexity index is 978. The zero-order chi connectivity index (χ0) is 20.8. The molecule has 0 aliphatic heterocycles. The molecule has 0 unspecified atom stereocenters. The average molecular weight is 409 g/mol. The van der Waals surface area contributed by atoms with E-state index in [1.165, 1.54) is 5.56 Å². The predicted octanol–water partition coefficient (Wildman–Crippen LogP) is 5.94. The first-order valence-corrected chi connectivity index (χ1v) is 10.4. The third-order valence-electron chi connectivity index (χ3n) is 4.78. The number of hydrogen-bond acceptors (Lipinski definition) is 4. The number of rotatable bonds is 8. The van der Waals surface area contributed by atoms with E-state index in [0.29, 0.717) is 16.8 Å². The van der Waals surface area contributed by atoms with Crippen LogP contribution >= 0.6 is 11.6 Å². The molecule has 1 heterocycles. The van der Waals surface area contributed by atoms with Gasteiger partial charge in [0.25, 0.3) is 0 Å². The van der Waals surface area contributed by atoms with Crippen LogP contribution in [-0.4, -0.2) is 42.1 Å². The van der Waals surface area contributed by atoms with Crippen LogP contribution in [0.2, 0.25) is 5.02 Å². The lowest BCUT2D eigenvalue weighted by atomic mass is 10.0. The summed E-state index contributed by atoms with van der Waals surface area (Å²) < 4.78 is 0. The topological polar surface area (TPSA) is 41.1 Å². The van der Waals surface area contributed by atoms with Crippen molar-refractivity contribution in [1.29, 1.82) is 0 Å². The molecule has 4 nitrogen and oxygen atoms in total. The van der Waals surface area contributed by atoms with Crippen LogP contribution in [0.4, 0.5) is 5.82 Å². The van der Waals surface area contributed by atoms with Gasteiger partial charge in [-0.3, -0.25) is 0 Å². The maximum atomic E-state index is 6.21. The first kappa shape index (κ1) is 21.3. The van der Waals surface area contributed by atoms with Gasteiger partial charge in [0.1, 0.15) is 5.82 Å². The van der Waals surface area contributed by atoms with Gasteiger partial charge in [0.15, 0.2) is 5.82 Å². The summed E-state index contributed by atoms with van der Waals surface area (Å²) in [7, 11) is 4.16. The van der Waals surface area contributed by atoms with E-state index in [0.717, 1.165) is 41.8 Å². The van der Waals surface area contributed by atoms with Crippen LogP contribution in [0.1, 0.15) is 43.1 Å². The van der Waals surface area contributed by atoms with Crippen LogP contribution in [0.5, 0.6) is 0 Å². The summed E-state index contributed by atoms with van der Waals surface area (Å²) in [6, 6.07) is 14.3. The highest BCUT2D eigenvalue weighted by molar-refractivity contribution is 6.31. The molecule has 0 saturated carbocycles. The third-order valence-corrected chi connectivity index (χ3v) is 5.01. The molecule has 29 heavy (non-hydrogen) atoms. The van der Waals surface area contributed by atoms with Gasteiger partial charge >= 0.3 is 0 Å². The van der Waals surface area contributed by atoms with Crippen molar-refractivity contribution in [2.24, 2.45) is 0 Å². The van der Waals surface area contributed by atoms with Crippen molar-refractivity contribution in [3.63, 3.8) is 0 Å². The molecule has 0 aliphatic rings. The molecular weight excluding hydrogens is 380 g/mol. The van der Waals surface area contributed by atoms with Gasteiger partial charge in [0.05, 0.1) is 5.52 Å². The van der Waals surface area contributed by atoms with E-state index in [-0.39, 0.29) is 0 Å². The fourth-order valence-electron chi connectivity index (χ4n) is 3.09. The number of aromatic nitrogens is 2. The van der Waals surface area contributed by atoms with Gasteiger partial charge in [-0.15, -0.1) is 0 Å². The number of benzene rings is 2. The molecule has 1 aromatic heterocycles. The summed E-state index contributed by atoms with van der Waals surface area (Å²) in [4.78, 5) is 11.6. The predicted molar refractivity (Wildman–Crippen MR) is 126 cm³/mol. The number of nitrogens with one attached hydrogen (secondary N) is 1. The summed E-state index contributed by atoms with van der Waals surface area (Å²) in [6.07, 6.45) is 5.05. The van der Waals surface area contributed by atoms with Crippen LogP contribution in [-0.2, 0) is 0 Å². The van der Waals surface area contributed by atoms with Gasteiger partial charge in [-0.25, -0.2) is 9.97 Å². The Hall–Kier alpha value is -2.43. The number of anilines is 1. The molecule has 152 valence electrons. The van der Waals surface area contributed by atoms with Gasteiger partial charge in [0, 0.05) is 17.0 Å². The molecule has 2 aromatic carbocycles. The maximum Gasteiger partial charge on any atom is 0.154 e. The Labute approximate surface area is 178 Å². The molecule has 0 spiro atoms. The van der Waals surface area contributed by atoms with Gasteiger partial charge in [-0.2, -0.15) is 0 Å². The molecule has 0 aliphatic carbocycles. The second kappa shape index (κ2) is 9.86. The molecule has 3 aromatic rings. The Balaban J connectivity index is 1.84. The van der Waals surface area contributed by atoms with Gasteiger partial charge < -0.3 is 10.2 Å². The highest BCUT2D eigenvalue weighted by Crippen LogP contribution is 2.25. The van der Waals surface area contributed by atoms with Crippen LogP contribution in [0.25, 0.3) is 23.1 Å². The van der Waals surface area contributed by atoms with Crippen molar-refractivity contribution >= 4 is 40.5 Å². The smallest absolute Gasteiger partial charge is 0.154 e. The largest absolute Gasteiger partial charge is 0.369 e. The highest BCUT2D eigenvalue weighted by atomic mass is 35.5. The number of hydrogen-bond donors (Lipinski definition) is 1. The zero-order valence-electron chi connectivity index (χ0n) is 17.6. The first-order valence-electron chi connectivity index (χ1n) is 10.1. The Morgan fingerprint density at radius 1 is 1.03 bits per heavy atom. The van der Waals surface area contributed by atoms with E-state index in [2.05, 4.69) is 73.5 Å². The lowest BCUT2D eigenvalue weighted by Gasteiger charge is -2.12. The number of fused-ring (bicyclic) bond motifs is 1. The number of halogens is 1. The van der Waals surface area contributed by atoms with Crippen LogP contribution in [0.3, 0.4) is 0 Å². The zero-order valence-corrected chi connectivity index (χ0v) is 18.4. The molecule has 0 fully saturated rings.